The van der Waals surface area contributed by atoms with Gasteiger partial charge in [-0.1, -0.05) is 99.5 Å². The van der Waals surface area contributed by atoms with Crippen LogP contribution in [0.2, 0.25) is 5.02 Å². The summed E-state index contributed by atoms with van der Waals surface area (Å²) in [6, 6.07) is 32.8. The second-order valence-electron chi connectivity index (χ2n) is 29.6. The Kier molecular flexibility index (Phi) is 25.1. The molecule has 30 heteroatoms. The van der Waals surface area contributed by atoms with Crippen molar-refractivity contribution in [1.29, 1.82) is 0 Å². The van der Waals surface area contributed by atoms with Crippen LogP contribution in [0.1, 0.15) is 131 Å². The SMILES string of the molecule is Cc1ncsc1-c1ccc([C@H](C)C(=O)N[C@@H]2C[C@@H](O)CN2C(=O)[C@H](c2cc(OCCCCC(=O)N3CCN(CC[C@H](CSc4ccccc4)Nc4ccc(S(=O)(=O)NC(=O)c5ccc6c(c5)OC[C@@H]5CN(CC7=C(c8ccc(Cl)cc8)CCC(C)(C)C7)CCN65)cc4S(=O)(=O)C(F)(F)F)CC3)no2)C(C)C)cc1. The number of thioether (sulfide) groups is 1. The first kappa shape index (κ1) is 79.5. The highest BCUT2D eigenvalue weighted by Crippen LogP contribution is 2.45. The number of benzene rings is 5. The zero-order valence-electron chi connectivity index (χ0n) is 61.2. The van der Waals surface area contributed by atoms with Crippen LogP contribution in [0.3, 0.4) is 0 Å². The summed E-state index contributed by atoms with van der Waals surface area (Å²) in [6.07, 6.45) is 3.11. The summed E-state index contributed by atoms with van der Waals surface area (Å²) in [7, 11) is -11.2. The standard InChI is InChI=1S/C78H92ClF3N10O12S4/c1-49(2)72(76(97)92-45-60(93)39-69(92)85-74(95)50(3)52-15-17-54(18-16-52)73-51(4)83-48-106-73)67-41-70(86-104-67)102-37-11-10-14-71(94)90-34-31-88(32-35-90)30-28-58(47-105-61-12-8-7-9-13-61)84-64-25-24-62(40-68(64)107(98,99)78(80,81)82)108(100,101)87-75(96)55-21-26-65-66(38-55)103-46-59-44-89(33-36-91(59)65)43-56-42-77(5,6)29-27-63(56)53-19-22-57(79)23-20-53/h7-9,12-13,15-26,38,40-41,48-50,58-60,69,72,84,93H,10-11,14,27-37,39,42-47H2,1-6H3,(H,85,95)(H,87,96)/t50-,58+,59-,60+,69-,72-/m0/s1. The van der Waals surface area contributed by atoms with Gasteiger partial charge in [-0.15, -0.1) is 23.1 Å². The molecule has 3 fully saturated rings. The maximum atomic E-state index is 14.7. The molecule has 0 bridgehead atoms. The van der Waals surface area contributed by atoms with Gasteiger partial charge in [0.1, 0.15) is 29.3 Å². The number of alkyl halides is 3. The number of aryl methyl sites for hydroxylation is 1. The third-order valence-electron chi connectivity index (χ3n) is 20.9. The van der Waals surface area contributed by atoms with Crippen LogP contribution in [-0.4, -0.2) is 190 Å². The molecule has 0 spiro atoms. The number of unbranched alkanes of at least 4 members (excludes halogenated alkanes) is 1. The monoisotopic (exact) mass is 1580 g/mol. The van der Waals surface area contributed by atoms with E-state index in [0.29, 0.717) is 82.0 Å². The van der Waals surface area contributed by atoms with Crippen molar-refractivity contribution in [3.05, 3.63) is 166 Å². The number of halogens is 4. The number of aliphatic hydroxyl groups excluding tert-OH is 1. The fourth-order valence-corrected chi connectivity index (χ4v) is 18.8. The molecule has 6 atom stereocenters. The molecule has 5 aromatic carbocycles. The van der Waals surface area contributed by atoms with Crippen molar-refractivity contribution in [1.82, 2.24) is 39.8 Å². The van der Waals surface area contributed by atoms with E-state index in [9.17, 15) is 54.3 Å². The number of hydrogen-bond donors (Lipinski definition) is 4. The van der Waals surface area contributed by atoms with Gasteiger partial charge in [-0.05, 0) is 152 Å². The Balaban J connectivity index is 0.617. The summed E-state index contributed by atoms with van der Waals surface area (Å²) in [6.45, 7) is 17.7. The van der Waals surface area contributed by atoms with Crippen LogP contribution in [0.25, 0.3) is 16.0 Å². The molecule has 4 amide bonds. The van der Waals surface area contributed by atoms with Crippen molar-refractivity contribution < 1.29 is 68.3 Å². The van der Waals surface area contributed by atoms with E-state index in [1.807, 2.05) is 92.2 Å². The van der Waals surface area contributed by atoms with Crippen LogP contribution in [0.4, 0.5) is 24.5 Å². The maximum absolute atomic E-state index is 14.7. The van der Waals surface area contributed by atoms with E-state index >= 15 is 0 Å². The molecule has 5 aliphatic rings. The van der Waals surface area contributed by atoms with E-state index in [-0.39, 0.29) is 84.0 Å². The van der Waals surface area contributed by atoms with Gasteiger partial charge in [0.2, 0.25) is 17.7 Å². The van der Waals surface area contributed by atoms with Gasteiger partial charge in [0.15, 0.2) is 5.76 Å². The van der Waals surface area contributed by atoms with E-state index in [4.69, 9.17) is 25.6 Å². The summed E-state index contributed by atoms with van der Waals surface area (Å²) in [5.74, 6) is -2.35. The Morgan fingerprint density at radius 2 is 1.59 bits per heavy atom. The van der Waals surface area contributed by atoms with Gasteiger partial charge in [0.25, 0.3) is 31.6 Å². The van der Waals surface area contributed by atoms with Crippen molar-refractivity contribution in [3.63, 3.8) is 0 Å². The molecule has 108 heavy (non-hydrogen) atoms. The minimum atomic E-state index is -6.20. The number of sulfone groups is 1. The number of fused-ring (bicyclic) bond motifs is 3. The van der Waals surface area contributed by atoms with E-state index in [1.54, 1.807) is 40.8 Å². The van der Waals surface area contributed by atoms with Gasteiger partial charge in [-0.25, -0.2) is 26.5 Å². The third-order valence-corrected chi connectivity index (χ3v) is 26.2. The number of aliphatic hydroxyl groups is 1. The van der Waals surface area contributed by atoms with E-state index in [1.165, 1.54) is 45.5 Å². The number of β-amino-alcohol motifs (C(OH)–C–C–N with tert-alkyl or cyclic N) is 1. The first-order chi connectivity index (χ1) is 51.5. The second-order valence-corrected chi connectivity index (χ2v) is 35.6. The molecule has 578 valence electrons. The van der Waals surface area contributed by atoms with Crippen LogP contribution in [0.5, 0.6) is 11.6 Å². The first-order valence-electron chi connectivity index (χ1n) is 36.6. The number of hydrogen-bond acceptors (Lipinski definition) is 20. The number of sulfonamides is 1. The van der Waals surface area contributed by atoms with Crippen molar-refractivity contribution in [2.75, 3.05) is 94.6 Å². The number of aromatic nitrogens is 2. The van der Waals surface area contributed by atoms with Crippen LogP contribution in [-0.2, 0) is 34.2 Å². The molecule has 4 N–H and O–H groups in total. The minimum absolute atomic E-state index is 0.0119. The molecule has 6 heterocycles. The lowest BCUT2D eigenvalue weighted by molar-refractivity contribution is -0.137. The molecule has 0 saturated carbocycles. The number of rotatable bonds is 28. The predicted octanol–water partition coefficient (Wildman–Crippen LogP) is 12.7. The smallest absolute Gasteiger partial charge is 0.489 e. The van der Waals surface area contributed by atoms with Gasteiger partial charge in [-0.2, -0.15) is 13.2 Å². The first-order valence-corrected chi connectivity index (χ1v) is 41.8. The van der Waals surface area contributed by atoms with Crippen LogP contribution < -0.4 is 29.7 Å². The van der Waals surface area contributed by atoms with E-state index in [2.05, 4.69) is 61.5 Å². The topological polar surface area (TPSA) is 266 Å². The number of nitrogens with one attached hydrogen (secondary N) is 3. The highest BCUT2D eigenvalue weighted by atomic mass is 35.5. The molecule has 2 aromatic heterocycles. The van der Waals surface area contributed by atoms with Crippen molar-refractivity contribution in [3.8, 4) is 22.1 Å². The zero-order chi connectivity index (χ0) is 76.8. The zero-order valence-corrected chi connectivity index (χ0v) is 65.3. The van der Waals surface area contributed by atoms with Crippen molar-refractivity contribution >= 4 is 95.1 Å². The highest BCUT2D eigenvalue weighted by molar-refractivity contribution is 7.99. The lowest BCUT2D eigenvalue weighted by atomic mass is 9.72. The van der Waals surface area contributed by atoms with E-state index in [0.717, 1.165) is 83.3 Å². The summed E-state index contributed by atoms with van der Waals surface area (Å²) in [5.41, 5.74) is 2.94. The lowest BCUT2D eigenvalue weighted by Gasteiger charge is -2.46. The van der Waals surface area contributed by atoms with E-state index < -0.39 is 76.9 Å². The number of ether oxygens (including phenoxy) is 2. The molecule has 0 unspecified atom stereocenters. The Morgan fingerprint density at radius 3 is 2.31 bits per heavy atom. The number of piperazine rings is 2. The van der Waals surface area contributed by atoms with Gasteiger partial charge < -0.3 is 44.4 Å². The van der Waals surface area contributed by atoms with Gasteiger partial charge >= 0.3 is 5.51 Å². The fourth-order valence-electron chi connectivity index (χ4n) is 14.9. The number of anilines is 2. The summed E-state index contributed by atoms with van der Waals surface area (Å²) in [5, 5.41) is 21.6. The highest BCUT2D eigenvalue weighted by Gasteiger charge is 2.49. The molecule has 3 saturated heterocycles. The van der Waals surface area contributed by atoms with Gasteiger partial charge in [-0.3, -0.25) is 29.0 Å². The largest absolute Gasteiger partial charge is 0.501 e. The molecule has 7 aromatic rings. The molecule has 12 rings (SSSR count). The minimum Gasteiger partial charge on any atom is -0.489 e. The van der Waals surface area contributed by atoms with Crippen LogP contribution >= 0.6 is 34.7 Å². The van der Waals surface area contributed by atoms with Crippen LogP contribution in [0.15, 0.2) is 152 Å². The molecule has 4 aliphatic heterocycles. The Hall–Kier alpha value is -8.03. The van der Waals surface area contributed by atoms with Crippen molar-refractivity contribution in [2.45, 2.75) is 149 Å². The number of thiazole rings is 1. The normalized spacial score (nSPS) is 19.4. The lowest BCUT2D eigenvalue weighted by Crippen LogP contribution is -2.57. The predicted molar refractivity (Wildman–Crippen MR) is 410 cm³/mol. The maximum Gasteiger partial charge on any atom is 0.501 e. The number of likely N-dealkylation sites (tertiary alicyclic amines) is 1. The summed E-state index contributed by atoms with van der Waals surface area (Å²) in [4.78, 5) is 69.4. The second kappa shape index (κ2) is 34.1. The Labute approximate surface area is 642 Å². The van der Waals surface area contributed by atoms with Crippen LogP contribution in [0, 0.1) is 18.3 Å². The Bertz CT molecular complexity index is 4640. The number of carbonyl (C=O) groups excluding carboxylic acids is 4. The molecule has 1 aliphatic carbocycles. The third kappa shape index (κ3) is 19.0. The number of allylic oxidation sites excluding steroid dienone is 1. The average Bonchev–Trinajstić information content (AvgIpc) is 0.819. The van der Waals surface area contributed by atoms with Gasteiger partial charge in [0.05, 0.1) is 57.0 Å². The van der Waals surface area contributed by atoms with Gasteiger partial charge in [0, 0.05) is 112 Å². The Morgan fingerprint density at radius 1 is 0.861 bits per heavy atom. The quantitative estimate of drug-likeness (QED) is 0.0262. The number of carbonyl (C=O) groups is 4. The number of nitrogens with zero attached hydrogens (tertiary/aromatic N) is 7. The molecule has 22 nitrogen and oxygen atoms in total. The fraction of sp³-hybridized carbons (Fsp3) is 0.462. The summed E-state index contributed by atoms with van der Waals surface area (Å²) < 4.78 is 119. The summed E-state index contributed by atoms with van der Waals surface area (Å²) >= 11 is 9.19. The molecular weight excluding hydrogens is 1490 g/mol. The molecule has 0 radical (unpaired) electrons. The number of amides is 4. The van der Waals surface area contributed by atoms with Crippen molar-refractivity contribution in [2.24, 2.45) is 11.3 Å². The molecular formula is C78H92ClF3N10O12S4. The average molecular weight is 1580 g/mol.